The van der Waals surface area contributed by atoms with Crippen molar-refractivity contribution in [3.8, 4) is 5.75 Å². The van der Waals surface area contributed by atoms with E-state index in [4.69, 9.17) is 14.2 Å². The SMILES string of the molecule is COC(=O)[C@H]1C(=O)C2=C(C[C@H]1C)NC(C)=C(C(=O)OC1CCCCC1)[C@@H]2c1cccc(OC)c1. The van der Waals surface area contributed by atoms with E-state index in [2.05, 4.69) is 5.32 Å². The van der Waals surface area contributed by atoms with Crippen molar-refractivity contribution in [2.75, 3.05) is 14.2 Å². The zero-order valence-electron chi connectivity index (χ0n) is 20.3. The fourth-order valence-corrected chi connectivity index (χ4v) is 5.50. The van der Waals surface area contributed by atoms with E-state index in [0.29, 0.717) is 29.0 Å². The summed E-state index contributed by atoms with van der Waals surface area (Å²) in [6, 6.07) is 7.37. The second kappa shape index (κ2) is 10.0. The van der Waals surface area contributed by atoms with Gasteiger partial charge in [-0.05, 0) is 62.6 Å². The maximum absolute atomic E-state index is 13.8. The average molecular weight is 468 g/mol. The van der Waals surface area contributed by atoms with Gasteiger partial charge in [-0.1, -0.05) is 25.5 Å². The van der Waals surface area contributed by atoms with E-state index in [-0.39, 0.29) is 17.8 Å². The summed E-state index contributed by atoms with van der Waals surface area (Å²) < 4.78 is 16.3. The van der Waals surface area contributed by atoms with Gasteiger partial charge >= 0.3 is 11.9 Å². The van der Waals surface area contributed by atoms with E-state index in [9.17, 15) is 14.4 Å². The molecule has 3 aliphatic rings. The van der Waals surface area contributed by atoms with Gasteiger partial charge < -0.3 is 19.5 Å². The van der Waals surface area contributed by atoms with Crippen molar-refractivity contribution in [2.45, 2.75) is 64.4 Å². The van der Waals surface area contributed by atoms with Crippen molar-refractivity contribution in [3.63, 3.8) is 0 Å². The van der Waals surface area contributed by atoms with Crippen LogP contribution >= 0.6 is 0 Å². The second-order valence-corrected chi connectivity index (χ2v) is 9.48. The molecule has 1 heterocycles. The minimum absolute atomic E-state index is 0.118. The lowest BCUT2D eigenvalue weighted by molar-refractivity contribution is -0.151. The smallest absolute Gasteiger partial charge is 0.337 e. The van der Waals surface area contributed by atoms with Crippen molar-refractivity contribution in [3.05, 3.63) is 52.4 Å². The van der Waals surface area contributed by atoms with Crippen LogP contribution in [0.25, 0.3) is 0 Å². The van der Waals surface area contributed by atoms with Crippen LogP contribution in [0.3, 0.4) is 0 Å². The molecule has 0 aromatic heterocycles. The van der Waals surface area contributed by atoms with Gasteiger partial charge in [0.05, 0.1) is 19.8 Å². The van der Waals surface area contributed by atoms with Gasteiger partial charge in [-0.25, -0.2) is 4.79 Å². The largest absolute Gasteiger partial charge is 0.497 e. The minimum Gasteiger partial charge on any atom is -0.497 e. The summed E-state index contributed by atoms with van der Waals surface area (Å²) >= 11 is 0. The Labute approximate surface area is 200 Å². The summed E-state index contributed by atoms with van der Waals surface area (Å²) in [6.45, 7) is 3.72. The highest BCUT2D eigenvalue weighted by Gasteiger charge is 2.47. The van der Waals surface area contributed by atoms with E-state index in [0.717, 1.165) is 43.4 Å². The normalized spacial score (nSPS) is 25.4. The first-order chi connectivity index (χ1) is 16.3. The Hall–Kier alpha value is -3.09. The lowest BCUT2D eigenvalue weighted by atomic mass is 9.69. The fourth-order valence-electron chi connectivity index (χ4n) is 5.50. The topological polar surface area (TPSA) is 90.9 Å². The molecule has 0 saturated heterocycles. The predicted octanol–water partition coefficient (Wildman–Crippen LogP) is 4.18. The monoisotopic (exact) mass is 467 g/mol. The van der Waals surface area contributed by atoms with Crippen molar-refractivity contribution in [1.82, 2.24) is 5.32 Å². The number of rotatable bonds is 5. The minimum atomic E-state index is -0.910. The number of esters is 2. The van der Waals surface area contributed by atoms with Crippen molar-refractivity contribution >= 4 is 17.7 Å². The quantitative estimate of drug-likeness (QED) is 0.513. The summed E-state index contributed by atoms with van der Waals surface area (Å²) in [7, 11) is 2.87. The van der Waals surface area contributed by atoms with Crippen molar-refractivity contribution in [1.29, 1.82) is 0 Å². The predicted molar refractivity (Wildman–Crippen MR) is 126 cm³/mol. The number of hydrogen-bond acceptors (Lipinski definition) is 7. The number of carbonyl (C=O) groups excluding carboxylic acids is 3. The van der Waals surface area contributed by atoms with Crippen LogP contribution in [0.5, 0.6) is 5.75 Å². The zero-order chi connectivity index (χ0) is 24.4. The van der Waals surface area contributed by atoms with Gasteiger partial charge in [0.2, 0.25) is 0 Å². The Balaban J connectivity index is 1.79. The zero-order valence-corrected chi connectivity index (χ0v) is 20.3. The van der Waals surface area contributed by atoms with Gasteiger partial charge in [0.25, 0.3) is 0 Å². The van der Waals surface area contributed by atoms with E-state index in [1.807, 2.05) is 38.1 Å². The molecule has 2 aliphatic carbocycles. The molecule has 7 nitrogen and oxygen atoms in total. The Morgan fingerprint density at radius 1 is 1.09 bits per heavy atom. The van der Waals surface area contributed by atoms with Gasteiger partial charge in [-0.2, -0.15) is 0 Å². The Kier molecular flexibility index (Phi) is 7.10. The molecular weight excluding hydrogens is 434 g/mol. The third-order valence-corrected chi connectivity index (χ3v) is 7.22. The van der Waals surface area contributed by atoms with Crippen molar-refractivity contribution < 1.29 is 28.6 Å². The molecule has 1 aromatic carbocycles. The maximum atomic E-state index is 13.8. The number of methoxy groups -OCH3 is 2. The molecule has 0 radical (unpaired) electrons. The summed E-state index contributed by atoms with van der Waals surface area (Å²) in [4.78, 5) is 39.9. The lowest BCUT2D eigenvalue weighted by Crippen LogP contribution is -2.43. The highest BCUT2D eigenvalue weighted by Crippen LogP contribution is 2.46. The summed E-state index contributed by atoms with van der Waals surface area (Å²) in [5, 5.41) is 3.31. The molecule has 0 bridgehead atoms. The Morgan fingerprint density at radius 2 is 1.82 bits per heavy atom. The van der Waals surface area contributed by atoms with E-state index in [1.165, 1.54) is 7.11 Å². The first kappa shape index (κ1) is 24.0. The summed E-state index contributed by atoms with van der Waals surface area (Å²) in [5.41, 5.74) is 3.00. The molecule has 1 aromatic rings. The molecular formula is C27H33NO6. The van der Waals surface area contributed by atoms with Crippen molar-refractivity contribution in [2.24, 2.45) is 11.8 Å². The molecule has 0 unspecified atom stereocenters. The highest BCUT2D eigenvalue weighted by atomic mass is 16.5. The van der Waals surface area contributed by atoms with Crippen LogP contribution in [0.15, 0.2) is 46.8 Å². The molecule has 1 N–H and O–H groups in total. The van der Waals surface area contributed by atoms with Crippen LogP contribution in [0.1, 0.15) is 63.9 Å². The van der Waals surface area contributed by atoms with Crippen LogP contribution in [-0.2, 0) is 23.9 Å². The Morgan fingerprint density at radius 3 is 2.50 bits per heavy atom. The van der Waals surface area contributed by atoms with E-state index < -0.39 is 23.8 Å². The standard InChI is InChI=1S/C27H33NO6/c1-15-13-20-24(25(29)21(15)26(30)33-4)23(17-9-8-12-19(14-17)32-3)22(16(2)28-20)27(31)34-18-10-6-5-7-11-18/h8-9,12,14-15,18,21,23,28H,5-7,10-11,13H2,1-4H3/t15-,21-,23+/m1/s1. The molecule has 0 amide bonds. The first-order valence-corrected chi connectivity index (χ1v) is 12.0. The number of nitrogens with one attached hydrogen (secondary N) is 1. The van der Waals surface area contributed by atoms with Crippen LogP contribution in [-0.4, -0.2) is 38.0 Å². The number of dihydropyridines is 1. The van der Waals surface area contributed by atoms with Gasteiger partial charge in [-0.3, -0.25) is 9.59 Å². The van der Waals surface area contributed by atoms with Gasteiger partial charge in [0.15, 0.2) is 5.78 Å². The third-order valence-electron chi connectivity index (χ3n) is 7.22. The number of carbonyl (C=O) groups is 3. The number of allylic oxidation sites excluding steroid dienone is 3. The molecule has 3 atom stereocenters. The van der Waals surface area contributed by atoms with Gasteiger partial charge in [0, 0.05) is 22.9 Å². The molecule has 34 heavy (non-hydrogen) atoms. The lowest BCUT2D eigenvalue weighted by Gasteiger charge is -2.38. The summed E-state index contributed by atoms with van der Waals surface area (Å²) in [5.74, 6) is -2.44. The van der Waals surface area contributed by atoms with E-state index in [1.54, 1.807) is 7.11 Å². The van der Waals surface area contributed by atoms with Gasteiger partial charge in [-0.15, -0.1) is 0 Å². The second-order valence-electron chi connectivity index (χ2n) is 9.48. The number of benzene rings is 1. The molecule has 0 spiro atoms. The number of ether oxygens (including phenoxy) is 3. The third kappa shape index (κ3) is 4.48. The number of ketones is 1. The average Bonchev–Trinajstić information content (AvgIpc) is 2.83. The van der Waals surface area contributed by atoms with Crippen LogP contribution in [0, 0.1) is 11.8 Å². The fraction of sp³-hybridized carbons (Fsp3) is 0.519. The number of hydrogen-bond donors (Lipinski definition) is 1. The van der Waals surface area contributed by atoms with E-state index >= 15 is 0 Å². The molecule has 1 saturated carbocycles. The summed E-state index contributed by atoms with van der Waals surface area (Å²) in [6.07, 6.45) is 5.33. The van der Waals surface area contributed by atoms with Crippen LogP contribution < -0.4 is 10.1 Å². The van der Waals surface area contributed by atoms with Crippen LogP contribution in [0.4, 0.5) is 0 Å². The molecule has 4 rings (SSSR count). The first-order valence-electron chi connectivity index (χ1n) is 12.0. The molecule has 1 aliphatic heterocycles. The van der Waals surface area contributed by atoms with Gasteiger partial charge in [0.1, 0.15) is 17.8 Å². The number of Topliss-reactive ketones (excluding diaryl/α,β-unsaturated/α-hetero) is 1. The maximum Gasteiger partial charge on any atom is 0.337 e. The molecule has 1 fully saturated rings. The molecule has 7 heteroatoms. The molecule has 182 valence electrons. The highest BCUT2D eigenvalue weighted by molar-refractivity contribution is 6.12. The Bertz CT molecular complexity index is 1050. The van der Waals surface area contributed by atoms with Crippen LogP contribution in [0.2, 0.25) is 0 Å².